The van der Waals surface area contributed by atoms with Crippen molar-refractivity contribution in [1.29, 1.82) is 0 Å². The molecule has 23 heavy (non-hydrogen) atoms. The first kappa shape index (κ1) is 17.8. The van der Waals surface area contributed by atoms with Gasteiger partial charge in [0.1, 0.15) is 5.60 Å². The minimum absolute atomic E-state index is 0.249. The predicted octanol–water partition coefficient (Wildman–Crippen LogP) is 1.93. The number of hydrogen-bond donors (Lipinski definition) is 1. The van der Waals surface area contributed by atoms with Gasteiger partial charge in [0.2, 0.25) is 5.88 Å². The number of amides is 1. The summed E-state index contributed by atoms with van der Waals surface area (Å²) in [5, 5.41) is 4.35. The van der Waals surface area contributed by atoms with Crippen LogP contribution in [0.1, 0.15) is 25.6 Å². The van der Waals surface area contributed by atoms with E-state index in [2.05, 4.69) is 10.3 Å². The quantitative estimate of drug-likeness (QED) is 0.882. The maximum Gasteiger partial charge on any atom is 0.410 e. The van der Waals surface area contributed by atoms with E-state index in [1.54, 1.807) is 23.3 Å². The van der Waals surface area contributed by atoms with Gasteiger partial charge in [0.15, 0.2) is 5.13 Å². The van der Waals surface area contributed by atoms with E-state index in [-0.39, 0.29) is 12.1 Å². The summed E-state index contributed by atoms with van der Waals surface area (Å²) in [6, 6.07) is 0.275. The monoisotopic (exact) mass is 342 g/mol. The second-order valence-corrected chi connectivity index (χ2v) is 7.85. The number of likely N-dealkylation sites (tertiary alicyclic amines) is 1. The first-order chi connectivity index (χ1) is 10.7. The van der Waals surface area contributed by atoms with Gasteiger partial charge in [0.05, 0.1) is 12.0 Å². The van der Waals surface area contributed by atoms with Crippen molar-refractivity contribution in [2.45, 2.75) is 39.0 Å². The van der Waals surface area contributed by atoms with Crippen molar-refractivity contribution in [2.24, 2.45) is 0 Å². The van der Waals surface area contributed by atoms with Crippen LogP contribution in [0, 0.1) is 0 Å². The molecule has 7 nitrogen and oxygen atoms in total. The third kappa shape index (κ3) is 4.71. The Labute approximate surface area is 141 Å². The number of nitrogens with one attached hydrogen (secondary N) is 1. The number of carbonyl (C=O) groups excluding carboxylic acids is 1. The highest BCUT2D eigenvalue weighted by Gasteiger charge is 2.33. The number of methoxy groups -OCH3 is 1. The molecule has 1 saturated heterocycles. The zero-order chi connectivity index (χ0) is 17.2. The van der Waals surface area contributed by atoms with Gasteiger partial charge < -0.3 is 24.6 Å². The van der Waals surface area contributed by atoms with E-state index in [1.807, 2.05) is 39.8 Å². The lowest BCUT2D eigenvalue weighted by Crippen LogP contribution is -2.60. The summed E-state index contributed by atoms with van der Waals surface area (Å²) in [5.41, 5.74) is -0.450. The molecular weight excluding hydrogens is 316 g/mol. The maximum absolute atomic E-state index is 11.9. The summed E-state index contributed by atoms with van der Waals surface area (Å²) < 4.78 is 10.7. The van der Waals surface area contributed by atoms with Crippen LogP contribution in [-0.4, -0.2) is 61.9 Å². The van der Waals surface area contributed by atoms with E-state index in [9.17, 15) is 4.79 Å². The molecule has 0 unspecified atom stereocenters. The second-order valence-electron chi connectivity index (χ2n) is 6.79. The van der Waals surface area contributed by atoms with Crippen LogP contribution < -0.4 is 15.0 Å². The Balaban J connectivity index is 1.80. The van der Waals surface area contributed by atoms with Crippen molar-refractivity contribution in [3.05, 3.63) is 4.88 Å². The zero-order valence-corrected chi connectivity index (χ0v) is 15.5. The molecule has 0 spiro atoms. The summed E-state index contributed by atoms with van der Waals surface area (Å²) in [6.07, 6.45) is -0.249. The Morgan fingerprint density at radius 1 is 1.43 bits per heavy atom. The summed E-state index contributed by atoms with van der Waals surface area (Å²) in [6.45, 7) is 7.63. The first-order valence-corrected chi connectivity index (χ1v) is 8.43. The molecule has 1 N–H and O–H groups in total. The molecule has 0 bridgehead atoms. The summed E-state index contributed by atoms with van der Waals surface area (Å²) in [7, 11) is 5.55. The van der Waals surface area contributed by atoms with Gasteiger partial charge in [-0.1, -0.05) is 11.3 Å². The number of ether oxygens (including phenoxy) is 2. The van der Waals surface area contributed by atoms with E-state index in [0.29, 0.717) is 25.5 Å². The highest BCUT2D eigenvalue weighted by atomic mass is 32.1. The lowest BCUT2D eigenvalue weighted by Gasteiger charge is -2.40. The zero-order valence-electron chi connectivity index (χ0n) is 14.7. The van der Waals surface area contributed by atoms with Gasteiger partial charge in [0.25, 0.3) is 0 Å². The highest BCUT2D eigenvalue weighted by Crippen LogP contribution is 2.30. The molecule has 8 heteroatoms. The fourth-order valence-corrected chi connectivity index (χ4v) is 3.01. The van der Waals surface area contributed by atoms with Crippen molar-refractivity contribution >= 4 is 22.6 Å². The molecule has 1 amide bonds. The van der Waals surface area contributed by atoms with Gasteiger partial charge in [-0.05, 0) is 20.8 Å². The van der Waals surface area contributed by atoms with Crippen molar-refractivity contribution in [2.75, 3.05) is 39.2 Å². The number of anilines is 1. The largest absolute Gasteiger partial charge is 0.480 e. The summed E-state index contributed by atoms with van der Waals surface area (Å²) >= 11 is 1.61. The number of rotatable bonds is 5. The van der Waals surface area contributed by atoms with Gasteiger partial charge in [-0.3, -0.25) is 0 Å². The van der Waals surface area contributed by atoms with Gasteiger partial charge in [-0.25, -0.2) is 4.79 Å². The third-order valence-electron chi connectivity index (χ3n) is 3.31. The SMILES string of the molecule is COc1nc(N(C)C)sc1CNC1CN(C(=O)OC(C)(C)C)C1. The van der Waals surface area contributed by atoms with Crippen LogP contribution in [0.2, 0.25) is 0 Å². The minimum Gasteiger partial charge on any atom is -0.480 e. The van der Waals surface area contributed by atoms with Crippen LogP contribution in [0.15, 0.2) is 0 Å². The molecule has 0 atom stereocenters. The summed E-state index contributed by atoms with van der Waals surface area (Å²) in [5.74, 6) is 0.662. The highest BCUT2D eigenvalue weighted by molar-refractivity contribution is 7.15. The first-order valence-electron chi connectivity index (χ1n) is 7.62. The Hall–Kier alpha value is -1.54. The predicted molar refractivity (Wildman–Crippen MR) is 91.4 cm³/mol. The molecule has 0 aliphatic carbocycles. The Morgan fingerprint density at radius 2 is 2.09 bits per heavy atom. The number of nitrogens with zero attached hydrogens (tertiary/aromatic N) is 3. The Bertz CT molecular complexity index is 547. The minimum atomic E-state index is -0.450. The van der Waals surface area contributed by atoms with E-state index in [4.69, 9.17) is 9.47 Å². The molecule has 1 aliphatic rings. The molecule has 1 aliphatic heterocycles. The van der Waals surface area contributed by atoms with Crippen LogP contribution in [0.5, 0.6) is 5.88 Å². The molecule has 2 heterocycles. The van der Waals surface area contributed by atoms with Crippen LogP contribution in [0.25, 0.3) is 0 Å². The standard InChI is InChI=1S/C15H26N4O3S/c1-15(2,3)22-14(20)19-8-10(9-19)16-7-11-12(21-6)17-13(23-11)18(4)5/h10,16H,7-9H2,1-6H3. The summed E-state index contributed by atoms with van der Waals surface area (Å²) in [4.78, 5) is 21.0. The number of aromatic nitrogens is 1. The molecule has 1 aromatic rings. The lowest BCUT2D eigenvalue weighted by molar-refractivity contribution is 0.00519. The van der Waals surface area contributed by atoms with E-state index < -0.39 is 5.60 Å². The maximum atomic E-state index is 11.9. The van der Waals surface area contributed by atoms with E-state index >= 15 is 0 Å². The van der Waals surface area contributed by atoms with Gasteiger partial charge in [-0.15, -0.1) is 0 Å². The molecule has 0 aromatic carbocycles. The third-order valence-corrected chi connectivity index (χ3v) is 4.52. The van der Waals surface area contributed by atoms with Crippen LogP contribution >= 0.6 is 11.3 Å². The van der Waals surface area contributed by atoms with Crippen molar-refractivity contribution in [1.82, 2.24) is 15.2 Å². The molecule has 0 radical (unpaired) electrons. The fourth-order valence-electron chi connectivity index (χ4n) is 2.11. The van der Waals surface area contributed by atoms with Crippen LogP contribution in [-0.2, 0) is 11.3 Å². The van der Waals surface area contributed by atoms with E-state index in [1.165, 1.54) is 0 Å². The average molecular weight is 342 g/mol. The van der Waals surface area contributed by atoms with E-state index in [0.717, 1.165) is 10.0 Å². The lowest BCUT2D eigenvalue weighted by atomic mass is 10.1. The van der Waals surface area contributed by atoms with Crippen molar-refractivity contribution < 1.29 is 14.3 Å². The van der Waals surface area contributed by atoms with Crippen molar-refractivity contribution in [3.8, 4) is 5.88 Å². The normalized spacial score (nSPS) is 15.3. The molecule has 0 saturated carbocycles. The van der Waals surface area contributed by atoms with Crippen LogP contribution in [0.3, 0.4) is 0 Å². The van der Waals surface area contributed by atoms with Gasteiger partial charge >= 0.3 is 6.09 Å². The van der Waals surface area contributed by atoms with Crippen molar-refractivity contribution in [3.63, 3.8) is 0 Å². The number of thiazole rings is 1. The molecule has 1 fully saturated rings. The average Bonchev–Trinajstić information content (AvgIpc) is 2.78. The fraction of sp³-hybridized carbons (Fsp3) is 0.733. The smallest absolute Gasteiger partial charge is 0.410 e. The Morgan fingerprint density at radius 3 is 2.61 bits per heavy atom. The molecule has 1 aromatic heterocycles. The Kier molecular flexibility index (Phi) is 5.36. The second kappa shape index (κ2) is 6.92. The number of hydrogen-bond acceptors (Lipinski definition) is 7. The van der Waals surface area contributed by atoms with Gasteiger partial charge in [0, 0.05) is 39.8 Å². The van der Waals surface area contributed by atoms with Gasteiger partial charge in [-0.2, -0.15) is 4.98 Å². The number of carbonyl (C=O) groups is 1. The van der Waals surface area contributed by atoms with Crippen LogP contribution in [0.4, 0.5) is 9.93 Å². The topological polar surface area (TPSA) is 66.9 Å². The molecule has 2 rings (SSSR count). The molecule has 130 valence electrons. The molecular formula is C15H26N4O3S.